The number of likely N-dealkylation sites (N-methyl/N-ethyl adjacent to an activating group) is 2. The van der Waals surface area contributed by atoms with Gasteiger partial charge in [0.1, 0.15) is 0 Å². The zero-order valence-electron chi connectivity index (χ0n) is 22.6. The smallest absolute Gasteiger partial charge is 0.475 e. The van der Waals surface area contributed by atoms with Crippen LogP contribution in [0.2, 0.25) is 0 Å². The second-order valence-electron chi connectivity index (χ2n) is 9.35. The molecule has 0 spiro atoms. The van der Waals surface area contributed by atoms with Gasteiger partial charge in [-0.15, -0.1) is 0 Å². The van der Waals surface area contributed by atoms with E-state index in [1.807, 2.05) is 19.3 Å². The molecular weight excluding hydrogens is 601 g/mol. The lowest BCUT2D eigenvalue weighted by Gasteiger charge is -2.37. The number of carboxylic acid groups (broad SMARTS) is 3. The van der Waals surface area contributed by atoms with Crippen LogP contribution < -0.4 is 4.90 Å². The Labute approximate surface area is 233 Å². The van der Waals surface area contributed by atoms with Gasteiger partial charge in [-0.2, -0.15) is 39.5 Å². The predicted octanol–water partition coefficient (Wildman–Crippen LogP) is 3.15. The lowest BCUT2D eigenvalue weighted by atomic mass is 9.92. The van der Waals surface area contributed by atoms with Gasteiger partial charge in [-0.3, -0.25) is 4.90 Å². The van der Waals surface area contributed by atoms with Gasteiger partial charge in [0, 0.05) is 44.1 Å². The molecule has 2 aliphatic heterocycles. The summed E-state index contributed by atoms with van der Waals surface area (Å²) in [5.41, 5.74) is 1.13. The van der Waals surface area contributed by atoms with Crippen LogP contribution >= 0.6 is 0 Å². The first-order valence-corrected chi connectivity index (χ1v) is 11.7. The van der Waals surface area contributed by atoms with Crippen LogP contribution in [0.25, 0.3) is 0 Å². The van der Waals surface area contributed by atoms with Crippen molar-refractivity contribution in [3.8, 4) is 0 Å². The van der Waals surface area contributed by atoms with Crippen LogP contribution in [-0.2, 0) is 14.4 Å². The molecule has 0 bridgehead atoms. The molecule has 3 N–H and O–H groups in total. The number of nitrogens with zero attached hydrogens (tertiary/aromatic N) is 5. The topological polar surface area (TPSA) is 147 Å². The minimum Gasteiger partial charge on any atom is -0.475 e. The average molecular weight is 631 g/mol. The highest BCUT2D eigenvalue weighted by atomic mass is 19.4. The van der Waals surface area contributed by atoms with Crippen LogP contribution in [0.1, 0.15) is 18.4 Å². The molecule has 2 aliphatic rings. The van der Waals surface area contributed by atoms with E-state index in [0.29, 0.717) is 6.04 Å². The molecule has 42 heavy (non-hydrogen) atoms. The van der Waals surface area contributed by atoms with E-state index >= 15 is 0 Å². The maximum Gasteiger partial charge on any atom is 0.490 e. The fraction of sp³-hybridized carbons (Fsp3) is 0.682. The molecular formula is C22H30F9N5O6. The molecule has 2 saturated heterocycles. The van der Waals surface area contributed by atoms with Crippen molar-refractivity contribution in [2.75, 3.05) is 45.7 Å². The summed E-state index contributed by atoms with van der Waals surface area (Å²) < 4.78 is 95.2. The predicted molar refractivity (Wildman–Crippen MR) is 127 cm³/mol. The molecule has 20 heteroatoms. The number of carbonyl (C=O) groups is 3. The fourth-order valence-corrected chi connectivity index (χ4v) is 3.93. The molecule has 0 amide bonds. The quantitative estimate of drug-likeness (QED) is 0.423. The molecule has 1 aromatic heterocycles. The summed E-state index contributed by atoms with van der Waals surface area (Å²) in [5, 5.41) is 21.4. The standard InChI is InChI=1S/C16H27N5.3C2HF3O2/c1-12-8-17-16(18-9-12)21-6-5-15-13(10-21)7-14(20(15)4)11-19(2)3;3*3-2(4,5)1(6)7/h8-9,13-15H,5-7,10-11H2,1-4H3;3*(H,6,7)/t13-,14+,15+;;;/m1.../s1. The summed E-state index contributed by atoms with van der Waals surface area (Å²) in [4.78, 5) is 43.0. The summed E-state index contributed by atoms with van der Waals surface area (Å²) in [6.07, 6.45) is -8.89. The number of hydrogen-bond donors (Lipinski definition) is 3. The number of anilines is 1. The maximum atomic E-state index is 10.6. The lowest BCUT2D eigenvalue weighted by molar-refractivity contribution is -0.193. The minimum atomic E-state index is -5.08. The van der Waals surface area contributed by atoms with Crippen molar-refractivity contribution in [1.29, 1.82) is 0 Å². The average Bonchev–Trinajstić information content (AvgIpc) is 3.12. The van der Waals surface area contributed by atoms with Crippen molar-refractivity contribution in [2.24, 2.45) is 5.92 Å². The second kappa shape index (κ2) is 15.7. The summed E-state index contributed by atoms with van der Waals surface area (Å²) >= 11 is 0. The van der Waals surface area contributed by atoms with E-state index in [-0.39, 0.29) is 0 Å². The zero-order chi connectivity index (χ0) is 33.2. The number of aryl methyl sites for hydroxylation is 1. The number of rotatable bonds is 3. The first-order valence-electron chi connectivity index (χ1n) is 11.7. The Morgan fingerprint density at radius 3 is 1.60 bits per heavy atom. The number of likely N-dealkylation sites (tertiary alicyclic amines) is 1. The number of hydrogen-bond acceptors (Lipinski definition) is 8. The van der Waals surface area contributed by atoms with Gasteiger partial charge in [0.05, 0.1) is 0 Å². The van der Waals surface area contributed by atoms with Gasteiger partial charge < -0.3 is 25.1 Å². The van der Waals surface area contributed by atoms with Gasteiger partial charge >= 0.3 is 36.4 Å². The van der Waals surface area contributed by atoms with Crippen LogP contribution in [-0.4, -0.2) is 124 Å². The molecule has 0 saturated carbocycles. The van der Waals surface area contributed by atoms with Crippen LogP contribution in [0, 0.1) is 12.8 Å². The van der Waals surface area contributed by atoms with Gasteiger partial charge in [0.2, 0.25) is 5.95 Å². The van der Waals surface area contributed by atoms with Gasteiger partial charge in [-0.1, -0.05) is 0 Å². The van der Waals surface area contributed by atoms with E-state index < -0.39 is 36.4 Å². The van der Waals surface area contributed by atoms with E-state index in [0.717, 1.165) is 43.1 Å². The van der Waals surface area contributed by atoms with Crippen LogP contribution in [0.5, 0.6) is 0 Å². The van der Waals surface area contributed by atoms with Crippen molar-refractivity contribution in [2.45, 2.75) is 50.4 Å². The monoisotopic (exact) mass is 631 g/mol. The largest absolute Gasteiger partial charge is 0.490 e. The summed E-state index contributed by atoms with van der Waals surface area (Å²) in [5.74, 6) is -6.62. The van der Waals surface area contributed by atoms with Crippen LogP contribution in [0.3, 0.4) is 0 Å². The number of halogens is 9. The SMILES string of the molecule is Cc1cnc(N2CC[C@H]3[C@H](C[C@@H](CN(C)C)N3C)C2)nc1.O=C(O)C(F)(F)F.O=C(O)C(F)(F)F.O=C(O)C(F)(F)F. The number of carboxylic acids is 3. The van der Waals surface area contributed by atoms with E-state index in [1.165, 1.54) is 12.8 Å². The Bertz CT molecular complexity index is 963. The number of aromatic nitrogens is 2. The van der Waals surface area contributed by atoms with E-state index in [2.05, 4.69) is 45.8 Å². The summed E-state index contributed by atoms with van der Waals surface area (Å²) in [7, 11) is 6.64. The molecule has 0 radical (unpaired) electrons. The number of piperidine rings is 1. The van der Waals surface area contributed by atoms with E-state index in [4.69, 9.17) is 29.7 Å². The first-order chi connectivity index (χ1) is 18.9. The third-order valence-corrected chi connectivity index (χ3v) is 5.72. The Morgan fingerprint density at radius 2 is 1.26 bits per heavy atom. The third-order valence-electron chi connectivity index (χ3n) is 5.72. The summed E-state index contributed by atoms with van der Waals surface area (Å²) in [6, 6.07) is 1.42. The van der Waals surface area contributed by atoms with Crippen LogP contribution in [0.15, 0.2) is 12.4 Å². The normalized spacial score (nSPS) is 20.6. The van der Waals surface area contributed by atoms with Crippen molar-refractivity contribution in [3.05, 3.63) is 18.0 Å². The van der Waals surface area contributed by atoms with Crippen molar-refractivity contribution in [3.63, 3.8) is 0 Å². The highest BCUT2D eigenvalue weighted by Gasteiger charge is 2.42. The molecule has 2 fully saturated rings. The van der Waals surface area contributed by atoms with Crippen LogP contribution in [0.4, 0.5) is 45.5 Å². The minimum absolute atomic E-state index is 0.689. The van der Waals surface area contributed by atoms with Crippen molar-refractivity contribution < 1.29 is 69.2 Å². The van der Waals surface area contributed by atoms with E-state index in [9.17, 15) is 39.5 Å². The number of fused-ring (bicyclic) bond motifs is 1. The van der Waals surface area contributed by atoms with Gasteiger partial charge in [0.25, 0.3) is 0 Å². The zero-order valence-corrected chi connectivity index (χ0v) is 22.6. The summed E-state index contributed by atoms with van der Waals surface area (Å²) in [6.45, 7) is 5.36. The maximum absolute atomic E-state index is 10.6. The van der Waals surface area contributed by atoms with Gasteiger partial charge in [-0.25, -0.2) is 24.4 Å². The molecule has 3 rings (SSSR count). The Morgan fingerprint density at radius 1 is 0.881 bits per heavy atom. The molecule has 1 aromatic rings. The Hall–Kier alpha value is -3.42. The molecule has 242 valence electrons. The molecule has 0 aliphatic carbocycles. The molecule has 0 unspecified atom stereocenters. The third kappa shape index (κ3) is 14.0. The van der Waals surface area contributed by atoms with Gasteiger partial charge in [-0.05, 0) is 52.4 Å². The fourth-order valence-electron chi connectivity index (χ4n) is 3.93. The van der Waals surface area contributed by atoms with Gasteiger partial charge in [0.15, 0.2) is 0 Å². The molecule has 3 atom stereocenters. The van der Waals surface area contributed by atoms with E-state index in [1.54, 1.807) is 0 Å². The second-order valence-corrected chi connectivity index (χ2v) is 9.35. The van der Waals surface area contributed by atoms with Crippen molar-refractivity contribution in [1.82, 2.24) is 19.8 Å². The van der Waals surface area contributed by atoms with Crippen molar-refractivity contribution >= 4 is 23.9 Å². The number of aliphatic carboxylic acids is 3. The number of alkyl halides is 9. The highest BCUT2D eigenvalue weighted by molar-refractivity contribution is 5.73. The molecule has 3 heterocycles. The lowest BCUT2D eigenvalue weighted by Crippen LogP contribution is -2.46. The Kier molecular flexibility index (Phi) is 14.4. The molecule has 11 nitrogen and oxygen atoms in total. The highest BCUT2D eigenvalue weighted by Crippen LogP contribution is 2.35. The Balaban J connectivity index is 0.000000660. The molecule has 0 aromatic carbocycles. The first kappa shape index (κ1) is 38.6.